The summed E-state index contributed by atoms with van der Waals surface area (Å²) in [6.45, 7) is 6.60. The van der Waals surface area contributed by atoms with E-state index in [1.54, 1.807) is 6.20 Å². The lowest BCUT2D eigenvalue weighted by Gasteiger charge is -2.20. The number of aliphatic hydroxyl groups is 1. The molecule has 0 aromatic carbocycles. The molecule has 0 radical (unpaired) electrons. The van der Waals surface area contributed by atoms with Crippen LogP contribution in [0.4, 0.5) is 5.82 Å². The molecule has 0 saturated heterocycles. The Kier molecular flexibility index (Phi) is 5.19. The summed E-state index contributed by atoms with van der Waals surface area (Å²) in [6, 6.07) is 1.81. The number of hydrogen-bond acceptors (Lipinski definition) is 4. The van der Waals surface area contributed by atoms with E-state index in [1.807, 2.05) is 13.0 Å². The second kappa shape index (κ2) is 6.43. The Bertz CT molecular complexity index is 313. The highest BCUT2D eigenvalue weighted by Crippen LogP contribution is 2.13. The van der Waals surface area contributed by atoms with Gasteiger partial charge in [-0.2, -0.15) is 0 Å². The maximum Gasteiger partial charge on any atom is 0.129 e. The maximum absolute atomic E-state index is 9.93. The van der Waals surface area contributed by atoms with Crippen molar-refractivity contribution in [2.75, 3.05) is 11.9 Å². The summed E-state index contributed by atoms with van der Waals surface area (Å²) in [7, 11) is 0. The van der Waals surface area contributed by atoms with Gasteiger partial charge < -0.3 is 10.4 Å². The van der Waals surface area contributed by atoms with E-state index in [-0.39, 0.29) is 6.10 Å². The van der Waals surface area contributed by atoms with Gasteiger partial charge in [0.15, 0.2) is 0 Å². The van der Waals surface area contributed by atoms with Crippen molar-refractivity contribution in [3.05, 3.63) is 18.1 Å². The number of aryl methyl sites for hydroxylation is 1. The van der Waals surface area contributed by atoms with Crippen LogP contribution in [-0.2, 0) is 0 Å². The molecule has 0 aliphatic carbocycles. The van der Waals surface area contributed by atoms with Crippen LogP contribution in [0.15, 0.2) is 12.3 Å². The van der Waals surface area contributed by atoms with Crippen LogP contribution in [0.3, 0.4) is 0 Å². The van der Waals surface area contributed by atoms with Crippen molar-refractivity contribution in [3.63, 3.8) is 0 Å². The van der Waals surface area contributed by atoms with E-state index in [2.05, 4.69) is 29.1 Å². The molecule has 0 spiro atoms. The Hall–Kier alpha value is -1.16. The van der Waals surface area contributed by atoms with Crippen LogP contribution in [-0.4, -0.2) is 27.7 Å². The Labute approximate surface area is 97.1 Å². The number of nitrogens with one attached hydrogen (secondary N) is 1. The van der Waals surface area contributed by atoms with Crippen LogP contribution in [0, 0.1) is 12.8 Å². The Morgan fingerprint density at radius 2 is 2.06 bits per heavy atom. The standard InChI is InChI=1S/C12H21N3O/c1-4-10(5-2)11(16)8-14-12-6-7-13-9(3)15-12/h6-7,10-11,16H,4-5,8H2,1-3H3,(H,13,14,15). The first-order valence-corrected chi connectivity index (χ1v) is 5.89. The second-order valence-electron chi connectivity index (χ2n) is 4.01. The molecule has 4 nitrogen and oxygen atoms in total. The Morgan fingerprint density at radius 3 is 2.62 bits per heavy atom. The lowest BCUT2D eigenvalue weighted by molar-refractivity contribution is 0.114. The van der Waals surface area contributed by atoms with Gasteiger partial charge >= 0.3 is 0 Å². The van der Waals surface area contributed by atoms with Gasteiger partial charge in [-0.15, -0.1) is 0 Å². The number of aliphatic hydroxyl groups excluding tert-OH is 1. The van der Waals surface area contributed by atoms with E-state index in [0.717, 1.165) is 24.5 Å². The molecule has 1 rings (SSSR count). The highest BCUT2D eigenvalue weighted by Gasteiger charge is 2.14. The van der Waals surface area contributed by atoms with Crippen molar-refractivity contribution in [2.45, 2.75) is 39.7 Å². The predicted octanol–water partition coefficient (Wildman–Crippen LogP) is 1.99. The fraction of sp³-hybridized carbons (Fsp3) is 0.667. The SMILES string of the molecule is CCC(CC)C(O)CNc1ccnc(C)n1. The second-order valence-corrected chi connectivity index (χ2v) is 4.01. The average Bonchev–Trinajstić information content (AvgIpc) is 2.28. The molecule has 0 amide bonds. The highest BCUT2D eigenvalue weighted by atomic mass is 16.3. The molecule has 0 fully saturated rings. The van der Waals surface area contributed by atoms with Crippen molar-refractivity contribution in [1.82, 2.24) is 9.97 Å². The third-order valence-corrected chi connectivity index (χ3v) is 2.86. The van der Waals surface area contributed by atoms with Crippen molar-refractivity contribution >= 4 is 5.82 Å². The molecule has 1 atom stereocenters. The largest absolute Gasteiger partial charge is 0.391 e. The maximum atomic E-state index is 9.93. The molecule has 0 aliphatic rings. The molecule has 1 aromatic heterocycles. The van der Waals surface area contributed by atoms with Crippen molar-refractivity contribution < 1.29 is 5.11 Å². The fourth-order valence-electron chi connectivity index (χ4n) is 1.76. The van der Waals surface area contributed by atoms with Gasteiger partial charge in [0.1, 0.15) is 11.6 Å². The normalized spacial score (nSPS) is 12.8. The van der Waals surface area contributed by atoms with E-state index >= 15 is 0 Å². The summed E-state index contributed by atoms with van der Waals surface area (Å²) >= 11 is 0. The molecule has 2 N–H and O–H groups in total. The van der Waals surface area contributed by atoms with Crippen LogP contribution in [0.1, 0.15) is 32.5 Å². The van der Waals surface area contributed by atoms with Gasteiger partial charge in [-0.25, -0.2) is 9.97 Å². The first-order valence-electron chi connectivity index (χ1n) is 5.89. The van der Waals surface area contributed by atoms with Crippen LogP contribution in [0.25, 0.3) is 0 Å². The smallest absolute Gasteiger partial charge is 0.129 e. The van der Waals surface area contributed by atoms with E-state index in [4.69, 9.17) is 0 Å². The summed E-state index contributed by atoms with van der Waals surface area (Å²) < 4.78 is 0. The molecule has 16 heavy (non-hydrogen) atoms. The van der Waals surface area contributed by atoms with Crippen molar-refractivity contribution in [3.8, 4) is 0 Å². The first-order chi connectivity index (χ1) is 7.67. The third-order valence-electron chi connectivity index (χ3n) is 2.86. The van der Waals surface area contributed by atoms with Crippen molar-refractivity contribution in [1.29, 1.82) is 0 Å². The fourth-order valence-corrected chi connectivity index (χ4v) is 1.76. The quantitative estimate of drug-likeness (QED) is 0.774. The summed E-state index contributed by atoms with van der Waals surface area (Å²) in [5.41, 5.74) is 0. The van der Waals surface area contributed by atoms with Crippen LogP contribution >= 0.6 is 0 Å². The number of nitrogens with zero attached hydrogens (tertiary/aromatic N) is 2. The Morgan fingerprint density at radius 1 is 1.38 bits per heavy atom. The molecule has 90 valence electrons. The summed E-state index contributed by atoms with van der Waals surface area (Å²) in [5, 5.41) is 13.1. The molecule has 0 bridgehead atoms. The van der Waals surface area contributed by atoms with Gasteiger partial charge in [-0.1, -0.05) is 26.7 Å². The minimum Gasteiger partial charge on any atom is -0.391 e. The van der Waals surface area contributed by atoms with Crippen molar-refractivity contribution in [2.24, 2.45) is 5.92 Å². The molecular weight excluding hydrogens is 202 g/mol. The van der Waals surface area contributed by atoms with Gasteiger partial charge in [0.25, 0.3) is 0 Å². The monoisotopic (exact) mass is 223 g/mol. The predicted molar refractivity (Wildman–Crippen MR) is 65.3 cm³/mol. The number of aromatic nitrogens is 2. The molecule has 0 aliphatic heterocycles. The average molecular weight is 223 g/mol. The molecule has 1 heterocycles. The zero-order chi connectivity index (χ0) is 12.0. The Balaban J connectivity index is 2.45. The molecule has 0 saturated carbocycles. The van der Waals surface area contributed by atoms with E-state index in [9.17, 15) is 5.11 Å². The molecule has 1 aromatic rings. The number of hydrogen-bond donors (Lipinski definition) is 2. The minimum atomic E-state index is -0.315. The van der Waals surface area contributed by atoms with E-state index in [1.165, 1.54) is 0 Å². The van der Waals surface area contributed by atoms with Crippen LogP contribution < -0.4 is 5.32 Å². The first kappa shape index (κ1) is 12.9. The molecule has 1 unspecified atom stereocenters. The summed E-state index contributed by atoms with van der Waals surface area (Å²) in [4.78, 5) is 8.24. The van der Waals surface area contributed by atoms with Crippen LogP contribution in [0.5, 0.6) is 0 Å². The zero-order valence-corrected chi connectivity index (χ0v) is 10.3. The summed E-state index contributed by atoms with van der Waals surface area (Å²) in [5.74, 6) is 1.87. The lowest BCUT2D eigenvalue weighted by atomic mass is 9.97. The molecule has 4 heteroatoms. The third kappa shape index (κ3) is 3.77. The van der Waals surface area contributed by atoms with Gasteiger partial charge in [-0.05, 0) is 18.9 Å². The number of anilines is 1. The minimum absolute atomic E-state index is 0.315. The van der Waals surface area contributed by atoms with Crippen LogP contribution in [0.2, 0.25) is 0 Å². The summed E-state index contributed by atoms with van der Waals surface area (Å²) in [6.07, 6.45) is 3.41. The van der Waals surface area contributed by atoms with Gasteiger partial charge in [0, 0.05) is 12.7 Å². The lowest BCUT2D eigenvalue weighted by Crippen LogP contribution is -2.28. The topological polar surface area (TPSA) is 58.0 Å². The zero-order valence-electron chi connectivity index (χ0n) is 10.3. The van der Waals surface area contributed by atoms with E-state index < -0.39 is 0 Å². The van der Waals surface area contributed by atoms with Gasteiger partial charge in [-0.3, -0.25) is 0 Å². The van der Waals surface area contributed by atoms with Gasteiger partial charge in [0.2, 0.25) is 0 Å². The van der Waals surface area contributed by atoms with E-state index in [0.29, 0.717) is 12.5 Å². The van der Waals surface area contributed by atoms with Gasteiger partial charge in [0.05, 0.1) is 6.10 Å². The molecular formula is C12H21N3O. The highest BCUT2D eigenvalue weighted by molar-refractivity contribution is 5.32. The number of rotatable bonds is 6.